The minimum absolute atomic E-state index is 0.00863. The van der Waals surface area contributed by atoms with E-state index in [0.29, 0.717) is 11.8 Å². The van der Waals surface area contributed by atoms with Gasteiger partial charge in [0, 0.05) is 24.0 Å². The Hall–Kier alpha value is -2.72. The molecule has 3 aromatic carbocycles. The lowest BCUT2D eigenvalue weighted by Crippen LogP contribution is -2.42. The van der Waals surface area contributed by atoms with Crippen molar-refractivity contribution in [3.8, 4) is 5.75 Å². The van der Waals surface area contributed by atoms with Crippen LogP contribution in [0.1, 0.15) is 36.8 Å². The SMILES string of the molecule is Cc1cc([S+](c2ccccc2)c2ccccc2)cc(C)c1OCC(=O)OC12CC3CC4CC(C3)C1C42. The topological polar surface area (TPSA) is 35.5 Å². The standard InChI is InChI=1S/C32H33O3S/c1-20-13-27(36(25-9-5-3-6-10-25)26-11-7-4-8-12-26)14-21(2)31(20)34-19-28(33)35-32-18-22-15-23-17-24(16-22)30(32)29(23)32/h3-14,22-24,29-30H,15-19H2,1-2H3/q+1. The van der Waals surface area contributed by atoms with E-state index in [9.17, 15) is 4.79 Å². The van der Waals surface area contributed by atoms with Crippen molar-refractivity contribution in [1.29, 1.82) is 0 Å². The van der Waals surface area contributed by atoms with E-state index in [4.69, 9.17) is 9.47 Å². The summed E-state index contributed by atoms with van der Waals surface area (Å²) in [6, 6.07) is 25.8. The van der Waals surface area contributed by atoms with Gasteiger partial charge in [-0.15, -0.1) is 0 Å². The van der Waals surface area contributed by atoms with Crippen LogP contribution in [0.2, 0.25) is 0 Å². The number of carbonyl (C=O) groups is 1. The van der Waals surface area contributed by atoms with Crippen LogP contribution in [0.4, 0.5) is 0 Å². The second kappa shape index (κ2) is 8.41. The Labute approximate surface area is 216 Å². The number of esters is 1. The fraction of sp³-hybridized carbons (Fsp3) is 0.406. The Kier molecular flexibility index (Phi) is 5.25. The van der Waals surface area contributed by atoms with Gasteiger partial charge in [-0.05, 0) is 92.7 Å². The van der Waals surface area contributed by atoms with Gasteiger partial charge in [-0.2, -0.15) is 0 Å². The highest BCUT2D eigenvalue weighted by atomic mass is 32.2. The molecule has 3 aromatic rings. The minimum atomic E-state index is -0.209. The smallest absolute Gasteiger partial charge is 0.344 e. The molecule has 0 radical (unpaired) electrons. The summed E-state index contributed by atoms with van der Waals surface area (Å²) in [4.78, 5) is 16.8. The maximum atomic E-state index is 12.9. The summed E-state index contributed by atoms with van der Waals surface area (Å²) in [5.41, 5.74) is 1.98. The van der Waals surface area contributed by atoms with Gasteiger partial charge in [-0.25, -0.2) is 4.79 Å². The number of hydrogen-bond acceptors (Lipinski definition) is 3. The van der Waals surface area contributed by atoms with E-state index in [2.05, 4.69) is 86.6 Å². The van der Waals surface area contributed by atoms with E-state index in [-0.39, 0.29) is 29.1 Å². The van der Waals surface area contributed by atoms with Crippen LogP contribution in [-0.2, 0) is 20.4 Å². The molecule has 184 valence electrons. The van der Waals surface area contributed by atoms with E-state index >= 15 is 0 Å². The number of ether oxygens (including phenoxy) is 2. The predicted octanol–water partition coefficient (Wildman–Crippen LogP) is 6.76. The number of benzene rings is 3. The van der Waals surface area contributed by atoms with Crippen molar-refractivity contribution in [3.63, 3.8) is 0 Å². The van der Waals surface area contributed by atoms with Crippen molar-refractivity contribution >= 4 is 16.9 Å². The molecule has 0 aliphatic heterocycles. The second-order valence-electron chi connectivity index (χ2n) is 11.4. The maximum absolute atomic E-state index is 12.9. The van der Waals surface area contributed by atoms with Crippen LogP contribution in [0.15, 0.2) is 87.5 Å². The van der Waals surface area contributed by atoms with Gasteiger partial charge in [0.05, 0.1) is 10.9 Å². The van der Waals surface area contributed by atoms with Crippen LogP contribution in [0.3, 0.4) is 0 Å². The van der Waals surface area contributed by atoms with Crippen LogP contribution < -0.4 is 4.74 Å². The van der Waals surface area contributed by atoms with Gasteiger partial charge in [-0.3, -0.25) is 0 Å². The van der Waals surface area contributed by atoms with Crippen molar-refractivity contribution in [2.24, 2.45) is 29.6 Å². The molecular weight excluding hydrogens is 464 g/mol. The normalized spacial score (nSPS) is 30.9. The van der Waals surface area contributed by atoms with Gasteiger partial charge < -0.3 is 9.47 Å². The molecule has 0 N–H and O–H groups in total. The molecular formula is C32H33O3S+. The molecule has 3 nitrogen and oxygen atoms in total. The molecule has 5 aliphatic carbocycles. The average molecular weight is 498 g/mol. The number of hydrogen-bond donors (Lipinski definition) is 0. The molecule has 0 spiro atoms. The van der Waals surface area contributed by atoms with Crippen LogP contribution in [0.5, 0.6) is 5.75 Å². The summed E-state index contributed by atoms with van der Waals surface area (Å²) in [5, 5.41) is 0. The van der Waals surface area contributed by atoms with Crippen LogP contribution in [0, 0.1) is 43.4 Å². The Balaban J connectivity index is 1.09. The van der Waals surface area contributed by atoms with Crippen molar-refractivity contribution in [1.82, 2.24) is 0 Å². The Morgan fingerprint density at radius 2 is 1.39 bits per heavy atom. The zero-order valence-electron chi connectivity index (χ0n) is 21.0. The zero-order valence-corrected chi connectivity index (χ0v) is 21.8. The highest BCUT2D eigenvalue weighted by Gasteiger charge is 2.80. The van der Waals surface area contributed by atoms with E-state index in [1.807, 2.05) is 0 Å². The van der Waals surface area contributed by atoms with Crippen LogP contribution >= 0.6 is 0 Å². The highest BCUT2D eigenvalue weighted by molar-refractivity contribution is 7.97. The first-order chi connectivity index (χ1) is 17.5. The lowest BCUT2D eigenvalue weighted by Gasteiger charge is -2.43. The number of aryl methyl sites for hydroxylation is 2. The molecule has 4 unspecified atom stereocenters. The Morgan fingerprint density at radius 1 is 0.833 bits per heavy atom. The number of carbonyl (C=O) groups excluding carboxylic acids is 1. The summed E-state index contributed by atoms with van der Waals surface area (Å²) < 4.78 is 12.3. The largest absolute Gasteiger partial charge is 0.481 e. The van der Waals surface area contributed by atoms with Gasteiger partial charge in [0.25, 0.3) is 0 Å². The van der Waals surface area contributed by atoms with E-state index in [1.165, 1.54) is 33.9 Å². The van der Waals surface area contributed by atoms with E-state index in [0.717, 1.165) is 41.1 Å². The van der Waals surface area contributed by atoms with E-state index in [1.54, 1.807) is 0 Å². The molecule has 8 rings (SSSR count). The fourth-order valence-electron chi connectivity index (χ4n) is 8.20. The first kappa shape index (κ1) is 22.5. The zero-order chi connectivity index (χ0) is 24.4. The lowest BCUT2D eigenvalue weighted by atomic mass is 9.66. The summed E-state index contributed by atoms with van der Waals surface area (Å²) in [6.07, 6.45) is 5.20. The first-order valence-corrected chi connectivity index (χ1v) is 14.6. The van der Waals surface area contributed by atoms with E-state index < -0.39 is 0 Å². The second-order valence-corrected chi connectivity index (χ2v) is 13.4. The monoisotopic (exact) mass is 497 g/mol. The first-order valence-electron chi connectivity index (χ1n) is 13.3. The highest BCUT2D eigenvalue weighted by Crippen LogP contribution is 2.78. The summed E-state index contributed by atoms with van der Waals surface area (Å²) in [7, 11) is -0.209. The molecule has 5 saturated carbocycles. The minimum Gasteiger partial charge on any atom is -0.481 e. The third kappa shape index (κ3) is 3.52. The van der Waals surface area contributed by atoms with Gasteiger partial charge in [0.15, 0.2) is 21.3 Å². The molecule has 0 amide bonds. The molecule has 4 heteroatoms. The Bertz CT molecular complexity index is 1220. The van der Waals surface area contributed by atoms with Crippen LogP contribution in [0.25, 0.3) is 0 Å². The predicted molar refractivity (Wildman–Crippen MR) is 141 cm³/mol. The molecule has 4 atom stereocenters. The quantitative estimate of drug-likeness (QED) is 0.267. The lowest BCUT2D eigenvalue weighted by molar-refractivity contribution is -0.163. The van der Waals surface area contributed by atoms with Crippen molar-refractivity contribution in [2.45, 2.75) is 59.8 Å². The third-order valence-electron chi connectivity index (χ3n) is 9.17. The molecule has 0 saturated heterocycles. The molecule has 0 aromatic heterocycles. The Morgan fingerprint density at radius 3 is 1.94 bits per heavy atom. The average Bonchev–Trinajstić information content (AvgIpc) is 3.44. The van der Waals surface area contributed by atoms with Gasteiger partial charge in [0.2, 0.25) is 0 Å². The van der Waals surface area contributed by atoms with Crippen LogP contribution in [-0.4, -0.2) is 18.2 Å². The molecule has 36 heavy (non-hydrogen) atoms. The van der Waals surface area contributed by atoms with Gasteiger partial charge >= 0.3 is 5.97 Å². The number of rotatable bonds is 7. The van der Waals surface area contributed by atoms with Crippen molar-refractivity contribution < 1.29 is 14.3 Å². The van der Waals surface area contributed by atoms with Gasteiger partial charge in [-0.1, -0.05) is 36.4 Å². The maximum Gasteiger partial charge on any atom is 0.344 e. The van der Waals surface area contributed by atoms with Gasteiger partial charge in [0.1, 0.15) is 11.4 Å². The van der Waals surface area contributed by atoms with Crippen molar-refractivity contribution in [3.05, 3.63) is 83.9 Å². The summed E-state index contributed by atoms with van der Waals surface area (Å²) >= 11 is 0. The van der Waals surface area contributed by atoms with Crippen molar-refractivity contribution in [2.75, 3.05) is 6.61 Å². The summed E-state index contributed by atoms with van der Waals surface area (Å²) in [5.74, 6) is 4.28. The fourth-order valence-corrected chi connectivity index (χ4v) is 10.5. The molecule has 5 fully saturated rings. The molecule has 4 bridgehead atoms. The molecule has 5 aliphatic rings. The third-order valence-corrected chi connectivity index (χ3v) is 11.4. The summed E-state index contributed by atoms with van der Waals surface area (Å²) in [6.45, 7) is 4.15. The molecule has 0 heterocycles.